The van der Waals surface area contributed by atoms with E-state index in [0.29, 0.717) is 0 Å². The van der Waals surface area contributed by atoms with Crippen molar-refractivity contribution >= 4 is 36.7 Å². The van der Waals surface area contributed by atoms with E-state index < -0.39 is 25.9 Å². The first kappa shape index (κ1) is 25.1. The van der Waals surface area contributed by atoms with E-state index in [4.69, 9.17) is 10.5 Å². The molecule has 1 amide bonds. The summed E-state index contributed by atoms with van der Waals surface area (Å²) in [6.07, 6.45) is 1.33. The average molecular weight is 467 g/mol. The van der Waals surface area contributed by atoms with Crippen LogP contribution in [0.15, 0.2) is 42.6 Å². The molecule has 0 heterocycles. The second kappa shape index (κ2) is 10.9. The smallest absolute Gasteiger partial charge is 0.270 e. The Kier molecular flexibility index (Phi) is 8.54. The van der Waals surface area contributed by atoms with Gasteiger partial charge in [-0.05, 0) is 36.8 Å². The molecule has 0 fully saturated rings. The molecule has 11 heteroatoms. The van der Waals surface area contributed by atoms with Crippen molar-refractivity contribution in [2.75, 3.05) is 24.3 Å². The number of nitrogens with two attached hydrogens (primary N) is 1. The lowest BCUT2D eigenvalue weighted by atomic mass is 10.0. The van der Waals surface area contributed by atoms with Gasteiger partial charge in [0.2, 0.25) is 8.38 Å². The molecule has 0 spiro atoms. The fourth-order valence-electron chi connectivity index (χ4n) is 2.77. The molecule has 2 rings (SSSR count). The number of allylic oxidation sites excluding steroid dienone is 1. The summed E-state index contributed by atoms with van der Waals surface area (Å²) in [5.74, 6) is -2.60. The Hall–Kier alpha value is -3.20. The molecule has 0 bridgehead atoms. The van der Waals surface area contributed by atoms with Gasteiger partial charge in [-0.1, -0.05) is 6.58 Å². The SMILES string of the molecule is C=C(N)C(=O)Nc1cc(CCOc2cc(NC)c(P(O)O)cc2F)c(F)cc1/C(O)=C\C. The summed E-state index contributed by atoms with van der Waals surface area (Å²) in [5.41, 5.74) is 5.68. The molecule has 172 valence electrons. The van der Waals surface area contributed by atoms with Crippen LogP contribution in [-0.4, -0.2) is 34.5 Å². The zero-order chi connectivity index (χ0) is 24.0. The fraction of sp³-hybridized carbons (Fsp3) is 0.190. The van der Waals surface area contributed by atoms with Crippen LogP contribution >= 0.6 is 8.38 Å². The molecule has 0 aliphatic rings. The number of ether oxygens (including phenoxy) is 1. The minimum absolute atomic E-state index is 0.000329. The van der Waals surface area contributed by atoms with Crippen molar-refractivity contribution in [3.05, 3.63) is 65.4 Å². The fourth-order valence-corrected chi connectivity index (χ4v) is 3.39. The van der Waals surface area contributed by atoms with Crippen molar-refractivity contribution in [1.29, 1.82) is 0 Å². The number of benzene rings is 2. The van der Waals surface area contributed by atoms with Crippen LogP contribution in [0.5, 0.6) is 5.75 Å². The van der Waals surface area contributed by atoms with Crippen LogP contribution < -0.4 is 26.4 Å². The lowest BCUT2D eigenvalue weighted by molar-refractivity contribution is -0.112. The molecular weight excluding hydrogens is 443 g/mol. The molecule has 0 saturated heterocycles. The molecule has 0 aliphatic carbocycles. The van der Waals surface area contributed by atoms with Gasteiger partial charge in [-0.15, -0.1) is 0 Å². The molecule has 0 aromatic heterocycles. The number of rotatable bonds is 9. The predicted octanol–water partition coefficient (Wildman–Crippen LogP) is 2.88. The van der Waals surface area contributed by atoms with Gasteiger partial charge in [-0.3, -0.25) is 4.79 Å². The number of aliphatic hydroxyl groups excluding tert-OH is 1. The number of hydrogen-bond acceptors (Lipinski definition) is 7. The Morgan fingerprint density at radius 3 is 2.47 bits per heavy atom. The van der Waals surface area contributed by atoms with Crippen LogP contribution in [0.4, 0.5) is 20.2 Å². The Bertz CT molecular complexity index is 1060. The molecular formula is C21H24F2N3O5P. The van der Waals surface area contributed by atoms with Crippen LogP contribution in [0, 0.1) is 11.6 Å². The first-order chi connectivity index (χ1) is 15.1. The zero-order valence-electron chi connectivity index (χ0n) is 17.4. The first-order valence-corrected chi connectivity index (χ1v) is 10.6. The maximum Gasteiger partial charge on any atom is 0.270 e. The topological polar surface area (TPSA) is 137 Å². The van der Waals surface area contributed by atoms with Crippen LogP contribution in [-0.2, 0) is 11.2 Å². The monoisotopic (exact) mass is 467 g/mol. The summed E-state index contributed by atoms with van der Waals surface area (Å²) in [7, 11) is -0.982. The van der Waals surface area contributed by atoms with Crippen molar-refractivity contribution in [1.82, 2.24) is 0 Å². The van der Waals surface area contributed by atoms with Gasteiger partial charge in [0, 0.05) is 25.1 Å². The Morgan fingerprint density at radius 2 is 1.91 bits per heavy atom. The number of amides is 1. The number of aliphatic hydroxyl groups is 1. The van der Waals surface area contributed by atoms with E-state index in [1.54, 1.807) is 6.92 Å². The van der Waals surface area contributed by atoms with Crippen LogP contribution in [0.3, 0.4) is 0 Å². The minimum atomic E-state index is -2.51. The van der Waals surface area contributed by atoms with Crippen molar-refractivity contribution in [3.8, 4) is 5.75 Å². The molecule has 0 unspecified atom stereocenters. The highest BCUT2D eigenvalue weighted by Crippen LogP contribution is 2.32. The molecule has 7 N–H and O–H groups in total. The van der Waals surface area contributed by atoms with Gasteiger partial charge < -0.3 is 36.0 Å². The molecule has 0 radical (unpaired) electrons. The van der Waals surface area contributed by atoms with Crippen LogP contribution in [0.1, 0.15) is 18.1 Å². The number of carbonyl (C=O) groups is 1. The third-order valence-corrected chi connectivity index (χ3v) is 5.24. The van der Waals surface area contributed by atoms with E-state index >= 15 is 0 Å². The summed E-state index contributed by atoms with van der Waals surface area (Å²) in [4.78, 5) is 30.7. The van der Waals surface area contributed by atoms with Crippen molar-refractivity contribution < 1.29 is 33.2 Å². The normalized spacial score (nSPS) is 11.4. The molecule has 32 heavy (non-hydrogen) atoms. The van der Waals surface area contributed by atoms with Gasteiger partial charge >= 0.3 is 0 Å². The largest absolute Gasteiger partial charge is 0.508 e. The molecule has 2 aromatic carbocycles. The number of anilines is 2. The maximum absolute atomic E-state index is 14.6. The van der Waals surface area contributed by atoms with E-state index in [0.717, 1.165) is 12.1 Å². The number of halogens is 2. The summed E-state index contributed by atoms with van der Waals surface area (Å²) >= 11 is 0. The van der Waals surface area contributed by atoms with Gasteiger partial charge in [0.25, 0.3) is 5.91 Å². The van der Waals surface area contributed by atoms with Crippen molar-refractivity contribution in [2.24, 2.45) is 5.73 Å². The lowest BCUT2D eigenvalue weighted by Crippen LogP contribution is -2.20. The van der Waals surface area contributed by atoms with Crippen molar-refractivity contribution in [3.63, 3.8) is 0 Å². The third kappa shape index (κ3) is 5.94. The van der Waals surface area contributed by atoms with E-state index in [-0.39, 0.29) is 58.0 Å². The summed E-state index contributed by atoms with van der Waals surface area (Å²) in [6, 6.07) is 4.60. The summed E-state index contributed by atoms with van der Waals surface area (Å²) in [5, 5.41) is 15.2. The highest BCUT2D eigenvalue weighted by Gasteiger charge is 2.18. The number of carbonyl (C=O) groups excluding carboxylic acids is 1. The quantitative estimate of drug-likeness (QED) is 0.190. The predicted molar refractivity (Wildman–Crippen MR) is 121 cm³/mol. The van der Waals surface area contributed by atoms with Gasteiger partial charge in [-0.25, -0.2) is 8.78 Å². The standard InChI is InChI=1S/C21H24F2N3O5P/c1-4-18(27)13-8-14(22)12(7-16(13)26-21(28)11(2)24)5-6-31-19-10-17(25-3)20(32(29)30)9-15(19)23/h4,7-10,25,27,29-30H,2,5-6,24H2,1,3H3,(H,26,28)/b18-4+. The Morgan fingerprint density at radius 1 is 1.22 bits per heavy atom. The zero-order valence-corrected chi connectivity index (χ0v) is 18.3. The molecule has 8 nitrogen and oxygen atoms in total. The Balaban J connectivity index is 2.26. The van der Waals surface area contributed by atoms with Gasteiger partial charge in [0.05, 0.1) is 29.0 Å². The second-order valence-electron chi connectivity index (χ2n) is 6.58. The first-order valence-electron chi connectivity index (χ1n) is 9.34. The maximum atomic E-state index is 14.6. The van der Waals surface area contributed by atoms with Crippen LogP contribution in [0.25, 0.3) is 5.76 Å². The molecule has 2 aromatic rings. The van der Waals surface area contributed by atoms with E-state index in [1.807, 2.05) is 0 Å². The average Bonchev–Trinajstić information content (AvgIpc) is 2.75. The van der Waals surface area contributed by atoms with E-state index in [2.05, 4.69) is 17.2 Å². The summed E-state index contributed by atoms with van der Waals surface area (Å²) < 4.78 is 34.3. The van der Waals surface area contributed by atoms with Crippen molar-refractivity contribution in [2.45, 2.75) is 13.3 Å². The molecule has 0 aliphatic heterocycles. The second-order valence-corrected chi connectivity index (χ2v) is 7.64. The summed E-state index contributed by atoms with van der Waals surface area (Å²) in [6.45, 7) is 4.74. The van der Waals surface area contributed by atoms with E-state index in [1.165, 1.54) is 25.3 Å². The van der Waals surface area contributed by atoms with E-state index in [9.17, 15) is 28.5 Å². The highest BCUT2D eigenvalue weighted by molar-refractivity contribution is 7.54. The third-order valence-electron chi connectivity index (χ3n) is 4.44. The minimum Gasteiger partial charge on any atom is -0.508 e. The lowest BCUT2D eigenvalue weighted by Gasteiger charge is -2.15. The van der Waals surface area contributed by atoms with Gasteiger partial charge in [0.1, 0.15) is 11.6 Å². The number of hydrogen-bond donors (Lipinski definition) is 6. The number of nitrogens with one attached hydrogen (secondary N) is 2. The molecule has 0 saturated carbocycles. The highest BCUT2D eigenvalue weighted by atomic mass is 31.2. The van der Waals surface area contributed by atoms with Crippen LogP contribution in [0.2, 0.25) is 0 Å². The molecule has 0 atom stereocenters. The van der Waals surface area contributed by atoms with Gasteiger partial charge in [0.15, 0.2) is 11.6 Å². The Labute approximate surface area is 184 Å². The van der Waals surface area contributed by atoms with Gasteiger partial charge in [-0.2, -0.15) is 0 Å².